The molecular formula is C15H11Cl2N3O2. The van der Waals surface area contributed by atoms with Gasteiger partial charge in [-0.2, -0.15) is 0 Å². The Labute approximate surface area is 136 Å². The van der Waals surface area contributed by atoms with E-state index in [0.717, 1.165) is 10.9 Å². The fourth-order valence-corrected chi connectivity index (χ4v) is 2.83. The van der Waals surface area contributed by atoms with Crippen molar-refractivity contribution >= 4 is 34.1 Å². The van der Waals surface area contributed by atoms with Gasteiger partial charge in [0.1, 0.15) is 17.8 Å². The average molecular weight is 336 g/mol. The van der Waals surface area contributed by atoms with Crippen molar-refractivity contribution in [3.8, 4) is 22.8 Å². The monoisotopic (exact) mass is 335 g/mol. The lowest BCUT2D eigenvalue weighted by Crippen LogP contribution is -1.95. The Balaban J connectivity index is 2.28. The van der Waals surface area contributed by atoms with Crippen LogP contribution in [-0.2, 0) is 0 Å². The first-order chi connectivity index (χ1) is 10.7. The van der Waals surface area contributed by atoms with Crippen LogP contribution in [0.3, 0.4) is 0 Å². The third-order valence-corrected chi connectivity index (χ3v) is 3.97. The molecule has 0 N–H and O–H groups in total. The number of benzene rings is 1. The number of aromatic nitrogens is 3. The second-order valence-corrected chi connectivity index (χ2v) is 5.19. The Hall–Kier alpha value is -2.11. The molecule has 0 amide bonds. The van der Waals surface area contributed by atoms with Crippen LogP contribution >= 0.6 is 23.2 Å². The molecule has 0 fully saturated rings. The Morgan fingerprint density at radius 1 is 0.909 bits per heavy atom. The van der Waals surface area contributed by atoms with Crippen LogP contribution in [0.25, 0.3) is 22.2 Å². The Kier molecular flexibility index (Phi) is 4.00. The lowest BCUT2D eigenvalue weighted by atomic mass is 10.1. The van der Waals surface area contributed by atoms with E-state index in [4.69, 9.17) is 32.7 Å². The molecule has 0 spiro atoms. The number of ether oxygens (including phenoxy) is 2. The van der Waals surface area contributed by atoms with Crippen molar-refractivity contribution in [2.75, 3.05) is 14.2 Å². The summed E-state index contributed by atoms with van der Waals surface area (Å²) in [7, 11) is 3.06. The van der Waals surface area contributed by atoms with Crippen molar-refractivity contribution in [1.82, 2.24) is 15.0 Å². The van der Waals surface area contributed by atoms with Gasteiger partial charge in [-0.25, -0.2) is 9.97 Å². The first-order valence-corrected chi connectivity index (χ1v) is 7.07. The van der Waals surface area contributed by atoms with Gasteiger partial charge in [0, 0.05) is 23.2 Å². The van der Waals surface area contributed by atoms with Crippen molar-refractivity contribution < 1.29 is 9.47 Å². The smallest absolute Gasteiger partial charge is 0.141 e. The fourth-order valence-electron chi connectivity index (χ4n) is 2.13. The second-order valence-electron chi connectivity index (χ2n) is 4.44. The van der Waals surface area contributed by atoms with Gasteiger partial charge in [0.25, 0.3) is 0 Å². The lowest BCUT2D eigenvalue weighted by Gasteiger charge is -2.14. The van der Waals surface area contributed by atoms with E-state index in [2.05, 4.69) is 15.0 Å². The van der Waals surface area contributed by atoms with E-state index in [-0.39, 0.29) is 0 Å². The van der Waals surface area contributed by atoms with E-state index < -0.39 is 0 Å². The van der Waals surface area contributed by atoms with Gasteiger partial charge in [-0.3, -0.25) is 4.98 Å². The molecule has 3 rings (SSSR count). The fraction of sp³-hybridized carbons (Fsp3) is 0.133. The highest BCUT2D eigenvalue weighted by molar-refractivity contribution is 6.41. The van der Waals surface area contributed by atoms with E-state index in [1.165, 1.54) is 20.5 Å². The van der Waals surface area contributed by atoms with Gasteiger partial charge >= 0.3 is 0 Å². The maximum atomic E-state index is 6.39. The molecule has 2 aromatic heterocycles. The zero-order valence-corrected chi connectivity index (χ0v) is 13.3. The zero-order chi connectivity index (χ0) is 15.7. The summed E-state index contributed by atoms with van der Waals surface area (Å²) >= 11 is 12.8. The van der Waals surface area contributed by atoms with Gasteiger partial charge in [0.05, 0.1) is 41.7 Å². The SMILES string of the molecule is COc1cc(OC)c(Cl)c(-c2cc3cncnc3cn2)c1Cl. The van der Waals surface area contributed by atoms with E-state index in [0.29, 0.717) is 32.8 Å². The number of rotatable bonds is 3. The Bertz CT molecular complexity index is 827. The first-order valence-electron chi connectivity index (χ1n) is 6.31. The summed E-state index contributed by atoms with van der Waals surface area (Å²) in [6.45, 7) is 0. The number of halogens is 2. The number of fused-ring (bicyclic) bond motifs is 1. The van der Waals surface area contributed by atoms with Gasteiger partial charge in [0.15, 0.2) is 0 Å². The standard InChI is InChI=1S/C15H11Cl2N3O2/c1-21-11-4-12(22-2)15(17)13(14(11)16)9-3-8-5-18-7-20-10(8)6-19-9/h3-7H,1-2H3. The Morgan fingerprint density at radius 3 is 2.23 bits per heavy atom. The van der Waals surface area contributed by atoms with Crippen LogP contribution in [0.2, 0.25) is 10.0 Å². The number of hydrogen-bond acceptors (Lipinski definition) is 5. The summed E-state index contributed by atoms with van der Waals surface area (Å²) in [5.74, 6) is 0.924. The molecule has 22 heavy (non-hydrogen) atoms. The summed E-state index contributed by atoms with van der Waals surface area (Å²) in [6, 6.07) is 3.46. The predicted octanol–water partition coefficient (Wildman–Crippen LogP) is 4.02. The van der Waals surface area contributed by atoms with E-state index in [1.807, 2.05) is 6.07 Å². The molecule has 0 aliphatic carbocycles. The summed E-state index contributed by atoms with van der Waals surface area (Å²) in [6.07, 6.45) is 4.82. The van der Waals surface area contributed by atoms with E-state index in [1.54, 1.807) is 18.5 Å². The highest BCUT2D eigenvalue weighted by Crippen LogP contribution is 2.45. The quantitative estimate of drug-likeness (QED) is 0.723. The van der Waals surface area contributed by atoms with Crippen LogP contribution in [0, 0.1) is 0 Å². The molecule has 7 heteroatoms. The number of pyridine rings is 1. The molecule has 3 aromatic rings. The molecule has 0 aliphatic rings. The first kappa shape index (κ1) is 14.8. The third-order valence-electron chi connectivity index (χ3n) is 3.22. The number of hydrogen-bond donors (Lipinski definition) is 0. The predicted molar refractivity (Wildman–Crippen MR) is 85.9 cm³/mol. The van der Waals surface area contributed by atoms with Crippen molar-refractivity contribution in [3.63, 3.8) is 0 Å². The molecule has 0 atom stereocenters. The molecule has 2 heterocycles. The lowest BCUT2D eigenvalue weighted by molar-refractivity contribution is 0.395. The van der Waals surface area contributed by atoms with Gasteiger partial charge in [-0.15, -0.1) is 0 Å². The summed E-state index contributed by atoms with van der Waals surface area (Å²) in [5, 5.41) is 1.58. The maximum Gasteiger partial charge on any atom is 0.141 e. The highest BCUT2D eigenvalue weighted by atomic mass is 35.5. The molecule has 0 radical (unpaired) electrons. The van der Waals surface area contributed by atoms with Crippen molar-refractivity contribution in [2.24, 2.45) is 0 Å². The largest absolute Gasteiger partial charge is 0.495 e. The van der Waals surface area contributed by atoms with Crippen LogP contribution in [0.15, 0.2) is 30.9 Å². The van der Waals surface area contributed by atoms with Gasteiger partial charge in [-0.1, -0.05) is 23.2 Å². The van der Waals surface area contributed by atoms with E-state index in [9.17, 15) is 0 Å². The van der Waals surface area contributed by atoms with Crippen LogP contribution < -0.4 is 9.47 Å². The van der Waals surface area contributed by atoms with E-state index >= 15 is 0 Å². The van der Waals surface area contributed by atoms with Crippen molar-refractivity contribution in [1.29, 1.82) is 0 Å². The molecule has 0 saturated heterocycles. The van der Waals surface area contributed by atoms with Crippen LogP contribution in [-0.4, -0.2) is 29.2 Å². The minimum absolute atomic E-state index is 0.372. The molecule has 0 aliphatic heterocycles. The second kappa shape index (κ2) is 5.94. The highest BCUT2D eigenvalue weighted by Gasteiger charge is 2.19. The minimum atomic E-state index is 0.372. The van der Waals surface area contributed by atoms with Gasteiger partial charge < -0.3 is 9.47 Å². The summed E-state index contributed by atoms with van der Waals surface area (Å²) in [4.78, 5) is 12.5. The topological polar surface area (TPSA) is 57.1 Å². The normalized spacial score (nSPS) is 10.7. The summed E-state index contributed by atoms with van der Waals surface area (Å²) in [5.41, 5.74) is 1.88. The summed E-state index contributed by atoms with van der Waals surface area (Å²) < 4.78 is 10.5. The zero-order valence-electron chi connectivity index (χ0n) is 11.8. The molecule has 1 aromatic carbocycles. The van der Waals surface area contributed by atoms with Crippen LogP contribution in [0.1, 0.15) is 0 Å². The number of methoxy groups -OCH3 is 2. The average Bonchev–Trinajstić information content (AvgIpc) is 2.55. The van der Waals surface area contributed by atoms with Crippen molar-refractivity contribution in [2.45, 2.75) is 0 Å². The van der Waals surface area contributed by atoms with Crippen LogP contribution in [0.4, 0.5) is 0 Å². The van der Waals surface area contributed by atoms with Gasteiger partial charge in [-0.05, 0) is 6.07 Å². The molecule has 112 valence electrons. The van der Waals surface area contributed by atoms with Crippen molar-refractivity contribution in [3.05, 3.63) is 40.9 Å². The molecule has 0 saturated carbocycles. The third kappa shape index (κ3) is 2.42. The Morgan fingerprint density at radius 2 is 1.59 bits per heavy atom. The maximum absolute atomic E-state index is 6.39. The number of nitrogens with zero attached hydrogens (tertiary/aromatic N) is 3. The van der Waals surface area contributed by atoms with Gasteiger partial charge in [0.2, 0.25) is 0 Å². The minimum Gasteiger partial charge on any atom is -0.495 e. The molecule has 5 nitrogen and oxygen atoms in total. The molecular weight excluding hydrogens is 325 g/mol. The van der Waals surface area contributed by atoms with Crippen LogP contribution in [0.5, 0.6) is 11.5 Å². The molecule has 0 unspecified atom stereocenters. The molecule has 0 bridgehead atoms.